The van der Waals surface area contributed by atoms with E-state index in [1.807, 2.05) is 18.5 Å². The van der Waals surface area contributed by atoms with Crippen LogP contribution in [0.4, 0.5) is 0 Å². The Morgan fingerprint density at radius 2 is 0.979 bits per heavy atom. The van der Waals surface area contributed by atoms with Crippen molar-refractivity contribution < 1.29 is 0 Å². The van der Waals surface area contributed by atoms with Gasteiger partial charge in [0.25, 0.3) is 0 Å². The predicted molar refractivity (Wildman–Crippen MR) is 206 cm³/mol. The highest BCUT2D eigenvalue weighted by Gasteiger charge is 2.20. The molecule has 8 aromatic carbocycles. The van der Waals surface area contributed by atoms with E-state index in [9.17, 15) is 0 Å². The van der Waals surface area contributed by atoms with E-state index >= 15 is 0 Å². The molecule has 0 saturated heterocycles. The molecule has 0 amide bonds. The molecule has 1 nitrogen and oxygen atoms in total. The van der Waals surface area contributed by atoms with Gasteiger partial charge in [0.05, 0.1) is 0 Å². The van der Waals surface area contributed by atoms with Gasteiger partial charge in [0.1, 0.15) is 0 Å². The number of fused-ring (bicyclic) bond motifs is 1. The number of pyridine rings is 1. The molecule has 0 unspecified atom stereocenters. The van der Waals surface area contributed by atoms with Crippen LogP contribution in [0, 0.1) is 0 Å². The van der Waals surface area contributed by atoms with Crippen LogP contribution in [0.2, 0.25) is 0 Å². The third-order valence-corrected chi connectivity index (χ3v) is 10.1. The van der Waals surface area contributed by atoms with Gasteiger partial charge in [-0.2, -0.15) is 0 Å². The summed E-state index contributed by atoms with van der Waals surface area (Å²) in [7, 11) is 0. The molecule has 0 radical (unpaired) electrons. The molecule has 1 heterocycles. The van der Waals surface area contributed by atoms with Crippen LogP contribution in [0.5, 0.6) is 0 Å². The third-order valence-electron chi connectivity index (χ3n) is 10.1. The Balaban J connectivity index is 1.27. The standard InChI is InChI=1S/C47H35N/c1-47(2,3)38-26-35-21-23-41-43(33-15-13-30(14-16-33)37-10-7-25-48-29-37)28-44(42-24-22-36(27-38)45(35)46(41)42)34-19-17-32(18-20-34)40-12-6-9-31-8-4-5-11-39(31)40/h4-29H,1-3H3. The molecule has 48 heavy (non-hydrogen) atoms. The van der Waals surface area contributed by atoms with E-state index in [2.05, 4.69) is 165 Å². The van der Waals surface area contributed by atoms with Crippen molar-refractivity contribution in [2.45, 2.75) is 26.2 Å². The summed E-state index contributed by atoms with van der Waals surface area (Å²) in [5.41, 5.74) is 11.2. The summed E-state index contributed by atoms with van der Waals surface area (Å²) in [6.07, 6.45) is 3.75. The average Bonchev–Trinajstić information content (AvgIpc) is 3.13. The first-order valence-corrected chi connectivity index (χ1v) is 16.8. The van der Waals surface area contributed by atoms with Crippen LogP contribution in [-0.2, 0) is 5.41 Å². The monoisotopic (exact) mass is 613 g/mol. The van der Waals surface area contributed by atoms with E-state index in [4.69, 9.17) is 0 Å². The van der Waals surface area contributed by atoms with E-state index in [-0.39, 0.29) is 5.41 Å². The van der Waals surface area contributed by atoms with Crippen LogP contribution < -0.4 is 0 Å². The summed E-state index contributed by atoms with van der Waals surface area (Å²) < 4.78 is 0. The van der Waals surface area contributed by atoms with Gasteiger partial charge in [-0.25, -0.2) is 0 Å². The molecule has 0 aliphatic heterocycles. The van der Waals surface area contributed by atoms with Crippen LogP contribution in [0.15, 0.2) is 158 Å². The molecule has 0 spiro atoms. The van der Waals surface area contributed by atoms with Gasteiger partial charge in [-0.05, 0) is 111 Å². The fraction of sp³-hybridized carbons (Fsp3) is 0.0851. The van der Waals surface area contributed by atoms with Crippen LogP contribution in [0.1, 0.15) is 26.3 Å². The van der Waals surface area contributed by atoms with Crippen LogP contribution in [0.3, 0.4) is 0 Å². The normalized spacial score (nSPS) is 12.1. The van der Waals surface area contributed by atoms with Crippen LogP contribution in [-0.4, -0.2) is 4.98 Å². The Hall–Kier alpha value is -5.79. The van der Waals surface area contributed by atoms with Crippen molar-refractivity contribution in [1.82, 2.24) is 4.98 Å². The van der Waals surface area contributed by atoms with Gasteiger partial charge >= 0.3 is 0 Å². The minimum atomic E-state index is 0.0720. The number of benzene rings is 8. The number of hydrogen-bond donors (Lipinski definition) is 0. The Morgan fingerprint density at radius 1 is 0.396 bits per heavy atom. The fourth-order valence-electron chi connectivity index (χ4n) is 7.51. The summed E-state index contributed by atoms with van der Waals surface area (Å²) >= 11 is 0. The van der Waals surface area contributed by atoms with Crippen molar-refractivity contribution in [3.63, 3.8) is 0 Å². The molecule has 9 rings (SSSR count). The maximum absolute atomic E-state index is 4.34. The second-order valence-electron chi connectivity index (χ2n) is 14.0. The molecular formula is C47H35N. The first-order valence-electron chi connectivity index (χ1n) is 16.8. The van der Waals surface area contributed by atoms with Crippen molar-refractivity contribution in [3.05, 3.63) is 164 Å². The highest BCUT2D eigenvalue weighted by molar-refractivity contribution is 6.28. The second-order valence-corrected chi connectivity index (χ2v) is 14.0. The van der Waals surface area contributed by atoms with E-state index in [0.717, 1.165) is 5.56 Å². The van der Waals surface area contributed by atoms with Crippen molar-refractivity contribution in [2.75, 3.05) is 0 Å². The zero-order valence-electron chi connectivity index (χ0n) is 27.5. The number of rotatable bonds is 4. The molecular weight excluding hydrogens is 579 g/mol. The zero-order valence-corrected chi connectivity index (χ0v) is 27.5. The van der Waals surface area contributed by atoms with E-state index < -0.39 is 0 Å². The van der Waals surface area contributed by atoms with Gasteiger partial charge in [0.2, 0.25) is 0 Å². The third kappa shape index (κ3) is 4.66. The van der Waals surface area contributed by atoms with Crippen molar-refractivity contribution >= 4 is 43.1 Å². The highest BCUT2D eigenvalue weighted by Crippen LogP contribution is 2.45. The summed E-state index contributed by atoms with van der Waals surface area (Å²) in [5, 5.41) is 10.4. The number of aromatic nitrogens is 1. The summed E-state index contributed by atoms with van der Waals surface area (Å²) in [6.45, 7) is 6.90. The predicted octanol–water partition coefficient (Wildman–Crippen LogP) is 13.1. The molecule has 9 aromatic rings. The Kier molecular flexibility index (Phi) is 6.45. The maximum atomic E-state index is 4.34. The topological polar surface area (TPSA) is 12.9 Å². The second kappa shape index (κ2) is 10.9. The quantitative estimate of drug-likeness (QED) is 0.180. The minimum Gasteiger partial charge on any atom is -0.264 e. The zero-order chi connectivity index (χ0) is 32.4. The number of nitrogens with zero attached hydrogens (tertiary/aromatic N) is 1. The minimum absolute atomic E-state index is 0.0720. The van der Waals surface area contributed by atoms with Gasteiger partial charge < -0.3 is 0 Å². The summed E-state index contributed by atoms with van der Waals surface area (Å²) in [5.74, 6) is 0. The van der Waals surface area contributed by atoms with Gasteiger partial charge in [0, 0.05) is 12.4 Å². The molecule has 0 fully saturated rings. The van der Waals surface area contributed by atoms with Crippen LogP contribution >= 0.6 is 0 Å². The van der Waals surface area contributed by atoms with Gasteiger partial charge in [-0.3, -0.25) is 4.98 Å². The lowest BCUT2D eigenvalue weighted by Crippen LogP contribution is -2.10. The Morgan fingerprint density at radius 3 is 1.58 bits per heavy atom. The first-order chi connectivity index (χ1) is 23.4. The maximum Gasteiger partial charge on any atom is 0.0346 e. The fourth-order valence-corrected chi connectivity index (χ4v) is 7.51. The highest BCUT2D eigenvalue weighted by atomic mass is 14.6. The Bertz CT molecular complexity index is 2580. The van der Waals surface area contributed by atoms with Crippen LogP contribution in [0.25, 0.3) is 87.6 Å². The van der Waals surface area contributed by atoms with Crippen molar-refractivity contribution in [1.29, 1.82) is 0 Å². The van der Waals surface area contributed by atoms with Gasteiger partial charge in [-0.15, -0.1) is 0 Å². The number of hydrogen-bond acceptors (Lipinski definition) is 1. The lowest BCUT2D eigenvalue weighted by atomic mass is 9.81. The largest absolute Gasteiger partial charge is 0.264 e. The van der Waals surface area contributed by atoms with E-state index in [1.54, 1.807) is 0 Å². The molecule has 0 bridgehead atoms. The Labute approximate surface area is 281 Å². The average molecular weight is 614 g/mol. The van der Waals surface area contributed by atoms with Crippen molar-refractivity contribution in [2.24, 2.45) is 0 Å². The molecule has 228 valence electrons. The molecule has 0 atom stereocenters. The van der Waals surface area contributed by atoms with Gasteiger partial charge in [0.15, 0.2) is 0 Å². The lowest BCUT2D eigenvalue weighted by molar-refractivity contribution is 0.591. The molecule has 1 aromatic heterocycles. The molecule has 1 heteroatoms. The van der Waals surface area contributed by atoms with Crippen molar-refractivity contribution in [3.8, 4) is 44.5 Å². The van der Waals surface area contributed by atoms with Gasteiger partial charge in [-0.1, -0.05) is 154 Å². The smallest absolute Gasteiger partial charge is 0.0346 e. The molecule has 0 aliphatic carbocycles. The SMILES string of the molecule is CC(C)(C)c1cc2ccc3c(-c4ccc(-c5cccnc5)cc4)cc(-c4ccc(-c5cccc6ccccc56)cc4)c4ccc(c1)c2c34. The summed E-state index contributed by atoms with van der Waals surface area (Å²) in [4.78, 5) is 4.34. The molecule has 0 saturated carbocycles. The molecule has 0 aliphatic rings. The first kappa shape index (κ1) is 28.4. The lowest BCUT2D eigenvalue weighted by Gasteiger charge is -2.23. The van der Waals surface area contributed by atoms with E-state index in [0.29, 0.717) is 0 Å². The summed E-state index contributed by atoms with van der Waals surface area (Å²) in [6, 6.07) is 54.0. The molecule has 0 N–H and O–H groups in total. The van der Waals surface area contributed by atoms with E-state index in [1.165, 1.54) is 87.6 Å².